The van der Waals surface area contributed by atoms with Gasteiger partial charge in [0, 0.05) is 62.7 Å². The molecule has 1 amide bonds. The summed E-state index contributed by atoms with van der Waals surface area (Å²) < 4.78 is 41.9. The second-order valence-electron chi connectivity index (χ2n) is 10.8. The van der Waals surface area contributed by atoms with E-state index in [1.807, 2.05) is 43.0 Å². The van der Waals surface area contributed by atoms with Crippen molar-refractivity contribution in [2.75, 3.05) is 50.7 Å². The molecule has 1 N–H and O–H groups in total. The van der Waals surface area contributed by atoms with Crippen molar-refractivity contribution in [2.45, 2.75) is 42.5 Å². The predicted octanol–water partition coefficient (Wildman–Crippen LogP) is 2.73. The van der Waals surface area contributed by atoms with E-state index < -0.39 is 22.3 Å². The maximum Gasteiger partial charge on any atom is 0.281 e. The predicted molar refractivity (Wildman–Crippen MR) is 151 cm³/mol. The summed E-state index contributed by atoms with van der Waals surface area (Å²) in [4.78, 5) is 36.2. The molecule has 41 heavy (non-hydrogen) atoms. The number of aromatic nitrogens is 4. The molecule has 4 heterocycles. The number of hydrogen-bond donors (Lipinski definition) is 1. The lowest BCUT2D eigenvalue weighted by molar-refractivity contribution is -0.138. The minimum atomic E-state index is -2.68. The molecule has 2 aliphatic heterocycles. The number of piperazine rings is 1. The van der Waals surface area contributed by atoms with Gasteiger partial charge in [0.15, 0.2) is 10.7 Å². The lowest BCUT2D eigenvalue weighted by atomic mass is 10.1. The molecule has 4 aromatic rings. The molecule has 2 aromatic carbocycles. The highest BCUT2D eigenvalue weighted by Crippen LogP contribution is 2.28. The van der Waals surface area contributed by atoms with Crippen molar-refractivity contribution in [2.24, 2.45) is 0 Å². The van der Waals surface area contributed by atoms with Crippen LogP contribution < -0.4 is 10.5 Å². The molecule has 1 atom stereocenters. The average molecular weight is 584 g/mol. The van der Waals surface area contributed by atoms with E-state index in [9.17, 15) is 22.6 Å². The summed E-state index contributed by atoms with van der Waals surface area (Å²) in [6, 6.07) is 11.1. The Labute approximate surface area is 237 Å². The molecule has 0 aliphatic carbocycles. The number of nitrogens with zero attached hydrogens (tertiary/aromatic N) is 6. The Bertz CT molecular complexity index is 1720. The number of aromatic amines is 1. The summed E-state index contributed by atoms with van der Waals surface area (Å²) in [6.07, 6.45) is -0.556. The minimum absolute atomic E-state index is 0.0963. The Morgan fingerprint density at radius 2 is 1.76 bits per heavy atom. The minimum Gasteiger partial charge on any atom is -0.369 e. The van der Waals surface area contributed by atoms with Gasteiger partial charge in [0.05, 0.1) is 17.4 Å². The highest BCUT2D eigenvalue weighted by atomic mass is 32.2. The van der Waals surface area contributed by atoms with Crippen LogP contribution in [-0.2, 0) is 15.6 Å². The molecule has 13 heteroatoms. The molecule has 10 nitrogen and oxygen atoms in total. The fourth-order valence-electron chi connectivity index (χ4n) is 5.57. The van der Waals surface area contributed by atoms with Crippen molar-refractivity contribution in [3.05, 3.63) is 57.9 Å². The number of likely N-dealkylation sites (tertiary alicyclic amines) is 1. The monoisotopic (exact) mass is 583 g/mol. The zero-order chi connectivity index (χ0) is 28.9. The Hall–Kier alpha value is -3.71. The van der Waals surface area contributed by atoms with Crippen molar-refractivity contribution in [1.82, 2.24) is 29.6 Å². The SMILES string of the molecule is Cc1ccc(S(=O)c2n[nH]n3c2nc(=O)c2ccc(N4CCN(CC(=O)N5CCC(F)(F)CC5)CC4)cc23)c(C)c1. The van der Waals surface area contributed by atoms with E-state index in [1.165, 1.54) is 4.90 Å². The summed E-state index contributed by atoms with van der Waals surface area (Å²) in [7, 11) is -1.63. The van der Waals surface area contributed by atoms with Crippen LogP contribution >= 0.6 is 0 Å². The normalized spacial score (nSPS) is 18.7. The summed E-state index contributed by atoms with van der Waals surface area (Å²) in [5.41, 5.74) is 3.20. The number of alkyl halides is 2. The Morgan fingerprint density at radius 1 is 1.02 bits per heavy atom. The highest BCUT2D eigenvalue weighted by molar-refractivity contribution is 7.85. The molecule has 0 bridgehead atoms. The largest absolute Gasteiger partial charge is 0.369 e. The van der Waals surface area contributed by atoms with Crippen LogP contribution in [0.1, 0.15) is 24.0 Å². The number of hydrogen-bond acceptors (Lipinski definition) is 7. The molecule has 0 spiro atoms. The van der Waals surface area contributed by atoms with E-state index in [2.05, 4.69) is 20.2 Å². The number of fused-ring (bicyclic) bond motifs is 3. The van der Waals surface area contributed by atoms with Gasteiger partial charge in [-0.2, -0.15) is 4.98 Å². The number of carbonyl (C=O) groups excluding carboxylic acids is 1. The van der Waals surface area contributed by atoms with Crippen LogP contribution in [-0.4, -0.2) is 91.5 Å². The van der Waals surface area contributed by atoms with Gasteiger partial charge >= 0.3 is 0 Å². The number of anilines is 1. The fraction of sp³-hybridized carbons (Fsp3) is 0.429. The van der Waals surface area contributed by atoms with Crippen molar-refractivity contribution in [3.63, 3.8) is 0 Å². The second-order valence-corrected chi connectivity index (χ2v) is 12.2. The molecule has 2 aliphatic rings. The first kappa shape index (κ1) is 27.5. The zero-order valence-corrected chi connectivity index (χ0v) is 23.7. The van der Waals surface area contributed by atoms with E-state index in [4.69, 9.17) is 0 Å². The molecule has 2 fully saturated rings. The molecule has 6 rings (SSSR count). The van der Waals surface area contributed by atoms with E-state index >= 15 is 0 Å². The smallest absolute Gasteiger partial charge is 0.281 e. The lowest BCUT2D eigenvalue weighted by Crippen LogP contribution is -2.51. The number of amides is 1. The highest BCUT2D eigenvalue weighted by Gasteiger charge is 2.36. The molecule has 0 saturated carbocycles. The Kier molecular flexibility index (Phi) is 7.10. The van der Waals surface area contributed by atoms with Gasteiger partial charge in [0.25, 0.3) is 11.5 Å². The van der Waals surface area contributed by atoms with Gasteiger partial charge in [0.2, 0.25) is 5.91 Å². The van der Waals surface area contributed by atoms with Crippen LogP contribution in [0.3, 0.4) is 0 Å². The van der Waals surface area contributed by atoms with E-state index in [1.54, 1.807) is 16.6 Å². The fourth-order valence-corrected chi connectivity index (χ4v) is 6.75. The first-order valence-electron chi connectivity index (χ1n) is 13.6. The molecular formula is C28H31F2N7O3S. The number of piperidine rings is 1. The third kappa shape index (κ3) is 5.35. The molecule has 216 valence electrons. The maximum atomic E-state index is 13.5. The summed E-state index contributed by atoms with van der Waals surface area (Å²) in [5.74, 6) is -2.79. The molecule has 2 aromatic heterocycles. The van der Waals surface area contributed by atoms with Crippen LogP contribution in [0.15, 0.2) is 51.1 Å². The molecule has 1 unspecified atom stereocenters. The van der Waals surface area contributed by atoms with Crippen molar-refractivity contribution >= 4 is 38.9 Å². The topological polar surface area (TPSA) is 107 Å². The standard InChI is InChI=1S/C28H31F2N7O3S/c1-18-3-6-23(19(2)15-18)41(40)27-25-31-26(39)21-5-4-20(16-22(21)37(25)33-32-27)35-13-11-34(12-14-35)17-24(38)36-9-7-28(29,30)8-10-36/h3-6,15-16,33H,7-14,17H2,1-2H3. The second kappa shape index (κ2) is 10.6. The van der Waals surface area contributed by atoms with Gasteiger partial charge in [-0.15, -0.1) is 5.10 Å². The van der Waals surface area contributed by atoms with Gasteiger partial charge in [-0.3, -0.25) is 14.5 Å². The van der Waals surface area contributed by atoms with Gasteiger partial charge in [0.1, 0.15) is 10.8 Å². The van der Waals surface area contributed by atoms with Gasteiger partial charge in [-0.25, -0.2) is 22.7 Å². The third-order valence-corrected chi connectivity index (χ3v) is 9.45. The van der Waals surface area contributed by atoms with Crippen LogP contribution in [0.2, 0.25) is 0 Å². The summed E-state index contributed by atoms with van der Waals surface area (Å²) >= 11 is 0. The number of benzene rings is 2. The third-order valence-electron chi connectivity index (χ3n) is 7.96. The Morgan fingerprint density at radius 3 is 2.46 bits per heavy atom. The quantitative estimate of drug-likeness (QED) is 0.385. The van der Waals surface area contributed by atoms with Crippen LogP contribution in [0.25, 0.3) is 16.6 Å². The van der Waals surface area contributed by atoms with Crippen molar-refractivity contribution < 1.29 is 17.8 Å². The van der Waals surface area contributed by atoms with Gasteiger partial charge in [-0.1, -0.05) is 17.7 Å². The van der Waals surface area contributed by atoms with Crippen LogP contribution in [0, 0.1) is 13.8 Å². The first-order chi connectivity index (χ1) is 19.6. The maximum absolute atomic E-state index is 13.5. The Balaban J connectivity index is 1.20. The van der Waals surface area contributed by atoms with E-state index in [0.717, 1.165) is 16.8 Å². The first-order valence-corrected chi connectivity index (χ1v) is 14.8. The number of halogens is 2. The van der Waals surface area contributed by atoms with Gasteiger partial charge in [-0.05, 0) is 43.7 Å². The van der Waals surface area contributed by atoms with Crippen LogP contribution in [0.4, 0.5) is 14.5 Å². The number of rotatable bonds is 5. The van der Waals surface area contributed by atoms with Crippen molar-refractivity contribution in [3.8, 4) is 0 Å². The number of aryl methyl sites for hydroxylation is 2. The van der Waals surface area contributed by atoms with E-state index in [0.29, 0.717) is 42.0 Å². The molecular weight excluding hydrogens is 552 g/mol. The molecule has 0 radical (unpaired) electrons. The lowest BCUT2D eigenvalue weighted by Gasteiger charge is -2.37. The summed E-state index contributed by atoms with van der Waals surface area (Å²) in [6.45, 7) is 6.86. The van der Waals surface area contributed by atoms with Crippen LogP contribution in [0.5, 0.6) is 0 Å². The van der Waals surface area contributed by atoms with Crippen molar-refractivity contribution in [1.29, 1.82) is 0 Å². The zero-order valence-electron chi connectivity index (χ0n) is 22.9. The van der Waals surface area contributed by atoms with Gasteiger partial charge < -0.3 is 9.80 Å². The number of H-pyrrole nitrogens is 1. The summed E-state index contributed by atoms with van der Waals surface area (Å²) in [5, 5.41) is 7.79. The average Bonchev–Trinajstić information content (AvgIpc) is 3.37. The van der Waals surface area contributed by atoms with E-state index in [-0.39, 0.29) is 49.1 Å². The molecule has 2 saturated heterocycles. The number of nitrogens with one attached hydrogen (secondary N) is 1. The number of carbonyl (C=O) groups is 1.